The minimum atomic E-state index is 0.882. The van der Waals surface area contributed by atoms with Gasteiger partial charge < -0.3 is 15.4 Å². The quantitative estimate of drug-likeness (QED) is 0.818. The Labute approximate surface area is 121 Å². The molecule has 2 rings (SSSR count). The molecule has 0 amide bonds. The van der Waals surface area contributed by atoms with Crippen molar-refractivity contribution in [3.63, 3.8) is 0 Å². The van der Waals surface area contributed by atoms with Gasteiger partial charge in [0, 0.05) is 19.3 Å². The minimum Gasteiger partial charge on any atom is -0.495 e. The lowest BCUT2D eigenvalue weighted by Gasteiger charge is -2.21. The van der Waals surface area contributed by atoms with Crippen LogP contribution in [-0.4, -0.2) is 20.7 Å². The van der Waals surface area contributed by atoms with Crippen LogP contribution in [0.5, 0.6) is 5.75 Å². The van der Waals surface area contributed by atoms with Crippen molar-refractivity contribution in [1.82, 2.24) is 0 Å². The lowest BCUT2D eigenvalue weighted by Crippen LogP contribution is -2.19. The van der Waals surface area contributed by atoms with E-state index in [-0.39, 0.29) is 0 Å². The molecule has 2 aromatic carbocycles. The predicted octanol–water partition coefficient (Wildman–Crippen LogP) is 3.35. The number of nitrogen functional groups attached to an aromatic ring is 1. The van der Waals surface area contributed by atoms with E-state index in [2.05, 4.69) is 24.1 Å². The van der Waals surface area contributed by atoms with E-state index in [4.69, 9.17) is 10.5 Å². The van der Waals surface area contributed by atoms with Gasteiger partial charge in [-0.3, -0.25) is 0 Å². The van der Waals surface area contributed by atoms with Crippen LogP contribution < -0.4 is 15.4 Å². The van der Waals surface area contributed by atoms with Gasteiger partial charge >= 0.3 is 0 Å². The second-order valence-corrected chi connectivity index (χ2v) is 4.90. The number of benzene rings is 2. The second-order valence-electron chi connectivity index (χ2n) is 4.90. The largest absolute Gasteiger partial charge is 0.495 e. The van der Waals surface area contributed by atoms with Gasteiger partial charge in [-0.05, 0) is 36.6 Å². The summed E-state index contributed by atoms with van der Waals surface area (Å²) in [5.74, 6) is 0.911. The fourth-order valence-corrected chi connectivity index (χ4v) is 2.33. The zero-order valence-electron chi connectivity index (χ0n) is 12.2. The maximum atomic E-state index is 5.96. The number of nitrogens with zero attached hydrogens (tertiary/aromatic N) is 1. The summed E-state index contributed by atoms with van der Waals surface area (Å²) >= 11 is 0. The molecule has 3 heteroatoms. The maximum Gasteiger partial charge on any atom is 0.142 e. The van der Waals surface area contributed by atoms with Gasteiger partial charge in [-0.2, -0.15) is 0 Å². The molecule has 0 saturated carbocycles. The van der Waals surface area contributed by atoms with E-state index in [1.165, 1.54) is 5.56 Å². The minimum absolute atomic E-state index is 0.882. The van der Waals surface area contributed by atoms with Gasteiger partial charge in [0.1, 0.15) is 5.75 Å². The van der Waals surface area contributed by atoms with Crippen molar-refractivity contribution >= 4 is 11.4 Å². The summed E-state index contributed by atoms with van der Waals surface area (Å²) in [5, 5.41) is 0. The Hall–Kier alpha value is -2.16. The van der Waals surface area contributed by atoms with E-state index in [0.717, 1.165) is 36.5 Å². The Morgan fingerprint density at radius 1 is 1.05 bits per heavy atom. The van der Waals surface area contributed by atoms with Crippen LogP contribution in [0.3, 0.4) is 0 Å². The number of hydrogen-bond acceptors (Lipinski definition) is 3. The van der Waals surface area contributed by atoms with E-state index < -0.39 is 0 Å². The van der Waals surface area contributed by atoms with Crippen molar-refractivity contribution in [2.75, 3.05) is 31.3 Å². The first-order valence-electron chi connectivity index (χ1n) is 6.90. The fraction of sp³-hybridized carbons (Fsp3) is 0.294. The molecule has 3 nitrogen and oxygen atoms in total. The van der Waals surface area contributed by atoms with E-state index in [1.807, 2.05) is 36.4 Å². The van der Waals surface area contributed by atoms with Crippen LogP contribution >= 0.6 is 0 Å². The summed E-state index contributed by atoms with van der Waals surface area (Å²) in [6.07, 6.45) is 2.05. The topological polar surface area (TPSA) is 38.5 Å². The molecule has 0 aliphatic rings. The zero-order chi connectivity index (χ0) is 14.4. The first-order chi connectivity index (χ1) is 9.72. The number of rotatable bonds is 6. The summed E-state index contributed by atoms with van der Waals surface area (Å²) in [4.78, 5) is 2.22. The SMILES string of the molecule is COc1ccccc1N(C)CCCc1ccccc1N. The molecule has 0 fully saturated rings. The average Bonchev–Trinajstić information content (AvgIpc) is 2.49. The predicted molar refractivity (Wildman–Crippen MR) is 85.4 cm³/mol. The molecule has 0 saturated heterocycles. The van der Waals surface area contributed by atoms with Crippen LogP contribution in [0.2, 0.25) is 0 Å². The van der Waals surface area contributed by atoms with E-state index in [0.29, 0.717) is 0 Å². The highest BCUT2D eigenvalue weighted by Gasteiger charge is 2.07. The van der Waals surface area contributed by atoms with Crippen molar-refractivity contribution < 1.29 is 4.74 Å². The van der Waals surface area contributed by atoms with Gasteiger partial charge in [0.2, 0.25) is 0 Å². The Morgan fingerprint density at radius 3 is 2.50 bits per heavy atom. The number of aryl methyl sites for hydroxylation is 1. The summed E-state index contributed by atoms with van der Waals surface area (Å²) in [5.41, 5.74) is 9.19. The number of anilines is 2. The van der Waals surface area contributed by atoms with Crippen molar-refractivity contribution in [1.29, 1.82) is 0 Å². The van der Waals surface area contributed by atoms with Crippen LogP contribution in [-0.2, 0) is 6.42 Å². The molecule has 0 aromatic heterocycles. The molecule has 2 aromatic rings. The third-order valence-electron chi connectivity index (χ3n) is 3.49. The standard InChI is InChI=1S/C17H22N2O/c1-19(16-11-5-6-12-17(16)20-2)13-7-9-14-8-3-4-10-15(14)18/h3-6,8,10-12H,7,9,13,18H2,1-2H3. The number of nitrogens with two attached hydrogens (primary N) is 1. The summed E-state index contributed by atoms with van der Waals surface area (Å²) < 4.78 is 5.39. The first kappa shape index (κ1) is 14.3. The molecule has 20 heavy (non-hydrogen) atoms. The van der Waals surface area contributed by atoms with Gasteiger partial charge in [0.05, 0.1) is 12.8 Å². The molecule has 0 spiro atoms. The van der Waals surface area contributed by atoms with Crippen molar-refractivity contribution in [2.45, 2.75) is 12.8 Å². The van der Waals surface area contributed by atoms with Crippen molar-refractivity contribution in [2.24, 2.45) is 0 Å². The van der Waals surface area contributed by atoms with Crippen LogP contribution in [0, 0.1) is 0 Å². The molecular weight excluding hydrogens is 248 g/mol. The highest BCUT2D eigenvalue weighted by Crippen LogP contribution is 2.26. The lowest BCUT2D eigenvalue weighted by atomic mass is 10.1. The number of para-hydroxylation sites is 3. The lowest BCUT2D eigenvalue weighted by molar-refractivity contribution is 0.415. The fourth-order valence-electron chi connectivity index (χ4n) is 2.33. The highest BCUT2D eigenvalue weighted by atomic mass is 16.5. The number of hydrogen-bond donors (Lipinski definition) is 1. The average molecular weight is 270 g/mol. The maximum absolute atomic E-state index is 5.96. The van der Waals surface area contributed by atoms with Crippen LogP contribution in [0.1, 0.15) is 12.0 Å². The molecule has 0 atom stereocenters. The van der Waals surface area contributed by atoms with E-state index in [9.17, 15) is 0 Å². The molecule has 0 unspecified atom stereocenters. The molecule has 0 radical (unpaired) electrons. The summed E-state index contributed by atoms with van der Waals surface area (Å²) in [6, 6.07) is 16.1. The third kappa shape index (κ3) is 3.44. The van der Waals surface area contributed by atoms with Crippen LogP contribution in [0.25, 0.3) is 0 Å². The van der Waals surface area contributed by atoms with Crippen molar-refractivity contribution in [3.05, 3.63) is 54.1 Å². The number of methoxy groups -OCH3 is 1. The van der Waals surface area contributed by atoms with Crippen molar-refractivity contribution in [3.8, 4) is 5.75 Å². The van der Waals surface area contributed by atoms with Gasteiger partial charge in [-0.15, -0.1) is 0 Å². The highest BCUT2D eigenvalue weighted by molar-refractivity contribution is 5.57. The Bertz CT molecular complexity index is 554. The molecule has 0 aliphatic heterocycles. The third-order valence-corrected chi connectivity index (χ3v) is 3.49. The van der Waals surface area contributed by atoms with Gasteiger partial charge in [-0.25, -0.2) is 0 Å². The molecular formula is C17H22N2O. The Morgan fingerprint density at radius 2 is 1.75 bits per heavy atom. The van der Waals surface area contributed by atoms with Gasteiger partial charge in [-0.1, -0.05) is 30.3 Å². The number of ether oxygens (including phenoxy) is 1. The molecule has 106 valence electrons. The molecule has 2 N–H and O–H groups in total. The smallest absolute Gasteiger partial charge is 0.142 e. The monoisotopic (exact) mass is 270 g/mol. The van der Waals surface area contributed by atoms with Crippen LogP contribution in [0.4, 0.5) is 11.4 Å². The normalized spacial score (nSPS) is 10.3. The molecule has 0 bridgehead atoms. The Kier molecular flexibility index (Phi) is 4.88. The summed E-state index contributed by atoms with van der Waals surface area (Å²) in [6.45, 7) is 0.967. The first-order valence-corrected chi connectivity index (χ1v) is 6.90. The van der Waals surface area contributed by atoms with Crippen LogP contribution in [0.15, 0.2) is 48.5 Å². The summed E-state index contributed by atoms with van der Waals surface area (Å²) in [7, 11) is 3.80. The van der Waals surface area contributed by atoms with E-state index >= 15 is 0 Å². The zero-order valence-corrected chi connectivity index (χ0v) is 12.2. The van der Waals surface area contributed by atoms with Gasteiger partial charge in [0.15, 0.2) is 0 Å². The second kappa shape index (κ2) is 6.85. The van der Waals surface area contributed by atoms with E-state index in [1.54, 1.807) is 7.11 Å². The Balaban J connectivity index is 1.92. The molecule has 0 aliphatic carbocycles. The van der Waals surface area contributed by atoms with Gasteiger partial charge in [0.25, 0.3) is 0 Å². The molecule has 0 heterocycles.